The van der Waals surface area contributed by atoms with Crippen LogP contribution in [0.2, 0.25) is 0 Å². The summed E-state index contributed by atoms with van der Waals surface area (Å²) in [6.07, 6.45) is 0. The van der Waals surface area contributed by atoms with E-state index < -0.39 is 0 Å². The topological polar surface area (TPSA) is 24.9 Å². The molecule has 2 nitrogen and oxygen atoms in total. The molecule has 0 saturated heterocycles. The smallest absolute Gasteiger partial charge is 0.124 e. The van der Waals surface area contributed by atoms with Crippen molar-refractivity contribution in [1.29, 1.82) is 0 Å². The van der Waals surface area contributed by atoms with E-state index >= 15 is 0 Å². The fourth-order valence-electron chi connectivity index (χ4n) is 2.90. The predicted molar refractivity (Wildman–Crippen MR) is 104 cm³/mol. The molecule has 0 bridgehead atoms. The number of hydrogen-bond donors (Lipinski definition) is 1. The Balaban J connectivity index is 1.81. The maximum atomic E-state index is 4.89. The van der Waals surface area contributed by atoms with Crippen molar-refractivity contribution < 1.29 is 0 Å². The molecule has 0 amide bonds. The number of aromatic nitrogens is 1. The van der Waals surface area contributed by atoms with Crippen LogP contribution in [0.15, 0.2) is 66.7 Å². The van der Waals surface area contributed by atoms with Crippen LogP contribution in [-0.4, -0.2) is 4.98 Å². The normalized spacial score (nSPS) is 10.9. The van der Waals surface area contributed by atoms with Gasteiger partial charge in [0.2, 0.25) is 0 Å². The maximum Gasteiger partial charge on any atom is 0.124 e. The van der Waals surface area contributed by atoms with E-state index in [0.29, 0.717) is 0 Å². The zero-order valence-electron chi connectivity index (χ0n) is 13.7. The molecule has 0 fully saturated rings. The molecule has 0 atom stereocenters. The molecule has 1 heterocycles. The Hall–Kier alpha value is -2.65. The van der Waals surface area contributed by atoms with Crippen molar-refractivity contribution in [2.24, 2.45) is 0 Å². The highest BCUT2D eigenvalue weighted by Gasteiger charge is 2.11. The minimum absolute atomic E-state index is 1.03. The quantitative estimate of drug-likeness (QED) is 0.475. The largest absolute Gasteiger partial charge is 0.353 e. The Kier molecular flexibility index (Phi) is 3.79. The van der Waals surface area contributed by atoms with Crippen LogP contribution in [0, 0.1) is 13.8 Å². The third-order valence-electron chi connectivity index (χ3n) is 4.18. The number of aryl methyl sites for hydroxylation is 2. The summed E-state index contributed by atoms with van der Waals surface area (Å²) < 4.78 is 1.20. The van der Waals surface area contributed by atoms with Crippen molar-refractivity contribution in [3.05, 3.63) is 77.9 Å². The fraction of sp³-hybridized carbons (Fsp3) is 0.0952. The summed E-state index contributed by atoms with van der Waals surface area (Å²) in [6.45, 7) is 4.26. The van der Waals surface area contributed by atoms with Gasteiger partial charge in [0.25, 0.3) is 0 Å². The number of nitrogens with zero attached hydrogens (tertiary/aromatic N) is 1. The number of anilines is 2. The first-order chi connectivity index (χ1) is 11.7. The van der Waals surface area contributed by atoms with Gasteiger partial charge in [-0.1, -0.05) is 54.6 Å². The standard InChI is InChI=1S/C21H18N2S/c1-14-8-6-9-15(2)19(14)22-17-12-7-13-18-20(17)23-21(24-18)16-10-4-3-5-11-16/h3-13,22H,1-2H3. The Morgan fingerprint density at radius 3 is 2.25 bits per heavy atom. The molecule has 118 valence electrons. The van der Waals surface area contributed by atoms with Crippen molar-refractivity contribution in [3.63, 3.8) is 0 Å². The van der Waals surface area contributed by atoms with Gasteiger partial charge in [-0.15, -0.1) is 11.3 Å². The van der Waals surface area contributed by atoms with E-state index in [2.05, 4.69) is 79.8 Å². The third-order valence-corrected chi connectivity index (χ3v) is 5.25. The second kappa shape index (κ2) is 6.10. The van der Waals surface area contributed by atoms with Gasteiger partial charge in [0.15, 0.2) is 0 Å². The second-order valence-electron chi connectivity index (χ2n) is 5.93. The summed E-state index contributed by atoms with van der Waals surface area (Å²) >= 11 is 1.73. The molecule has 0 unspecified atom stereocenters. The zero-order valence-corrected chi connectivity index (χ0v) is 14.5. The summed E-state index contributed by atoms with van der Waals surface area (Å²) in [5, 5.41) is 4.65. The monoisotopic (exact) mass is 330 g/mol. The summed E-state index contributed by atoms with van der Waals surface area (Å²) in [7, 11) is 0. The van der Waals surface area contributed by atoms with Gasteiger partial charge in [0.05, 0.1) is 10.4 Å². The summed E-state index contributed by atoms with van der Waals surface area (Å²) in [4.78, 5) is 4.89. The molecule has 24 heavy (non-hydrogen) atoms. The lowest BCUT2D eigenvalue weighted by atomic mass is 10.1. The molecule has 4 rings (SSSR count). The van der Waals surface area contributed by atoms with Crippen molar-refractivity contribution in [2.75, 3.05) is 5.32 Å². The summed E-state index contributed by atoms with van der Waals surface area (Å²) in [6, 6.07) is 23.0. The molecular formula is C21H18N2S. The average Bonchev–Trinajstić information content (AvgIpc) is 3.04. The lowest BCUT2D eigenvalue weighted by molar-refractivity contribution is 1.36. The highest BCUT2D eigenvalue weighted by molar-refractivity contribution is 7.21. The lowest BCUT2D eigenvalue weighted by Gasteiger charge is -2.12. The van der Waals surface area contributed by atoms with E-state index in [1.165, 1.54) is 21.5 Å². The van der Waals surface area contributed by atoms with Crippen LogP contribution < -0.4 is 5.32 Å². The second-order valence-corrected chi connectivity index (χ2v) is 6.96. The van der Waals surface area contributed by atoms with Gasteiger partial charge in [-0.3, -0.25) is 0 Å². The average molecular weight is 330 g/mol. The third kappa shape index (κ3) is 2.68. The number of hydrogen-bond acceptors (Lipinski definition) is 3. The SMILES string of the molecule is Cc1cccc(C)c1Nc1cccc2sc(-c3ccccc3)nc12. The number of para-hydroxylation sites is 2. The minimum Gasteiger partial charge on any atom is -0.353 e. The van der Waals surface area contributed by atoms with E-state index in [-0.39, 0.29) is 0 Å². The van der Waals surface area contributed by atoms with E-state index in [1.807, 2.05) is 6.07 Å². The Morgan fingerprint density at radius 2 is 1.50 bits per heavy atom. The van der Waals surface area contributed by atoms with E-state index in [0.717, 1.165) is 21.8 Å². The minimum atomic E-state index is 1.03. The molecule has 0 aliphatic rings. The molecule has 0 spiro atoms. The van der Waals surface area contributed by atoms with Crippen LogP contribution in [0.3, 0.4) is 0 Å². The maximum absolute atomic E-state index is 4.89. The molecule has 0 saturated carbocycles. The lowest BCUT2D eigenvalue weighted by Crippen LogP contribution is -1.96. The first-order valence-electron chi connectivity index (χ1n) is 8.00. The summed E-state index contributed by atoms with van der Waals surface area (Å²) in [5.74, 6) is 0. The zero-order chi connectivity index (χ0) is 16.5. The Bertz CT molecular complexity index is 983. The molecule has 1 aromatic heterocycles. The predicted octanol–water partition coefficient (Wildman–Crippen LogP) is 6.32. The molecular weight excluding hydrogens is 312 g/mol. The number of fused-ring (bicyclic) bond motifs is 1. The highest BCUT2D eigenvalue weighted by atomic mass is 32.1. The van der Waals surface area contributed by atoms with Crippen molar-refractivity contribution in [1.82, 2.24) is 4.98 Å². The van der Waals surface area contributed by atoms with E-state index in [1.54, 1.807) is 11.3 Å². The van der Waals surface area contributed by atoms with E-state index in [4.69, 9.17) is 4.98 Å². The first kappa shape index (κ1) is 14.9. The van der Waals surface area contributed by atoms with Crippen molar-refractivity contribution >= 4 is 32.9 Å². The number of nitrogens with one attached hydrogen (secondary N) is 1. The highest BCUT2D eigenvalue weighted by Crippen LogP contribution is 2.35. The number of benzene rings is 3. The van der Waals surface area contributed by atoms with Crippen LogP contribution in [0.1, 0.15) is 11.1 Å². The Labute approximate surface area is 145 Å². The van der Waals surface area contributed by atoms with Gasteiger partial charge >= 0.3 is 0 Å². The first-order valence-corrected chi connectivity index (χ1v) is 8.82. The molecule has 1 N–H and O–H groups in total. The van der Waals surface area contributed by atoms with Crippen LogP contribution >= 0.6 is 11.3 Å². The number of rotatable bonds is 3. The fourth-order valence-corrected chi connectivity index (χ4v) is 3.90. The van der Waals surface area contributed by atoms with Crippen molar-refractivity contribution in [2.45, 2.75) is 13.8 Å². The van der Waals surface area contributed by atoms with Gasteiger partial charge in [-0.2, -0.15) is 0 Å². The van der Waals surface area contributed by atoms with Gasteiger partial charge in [-0.25, -0.2) is 4.98 Å². The number of thiazole rings is 1. The molecule has 3 aromatic carbocycles. The Morgan fingerprint density at radius 1 is 0.792 bits per heavy atom. The van der Waals surface area contributed by atoms with Gasteiger partial charge in [0.1, 0.15) is 10.5 Å². The van der Waals surface area contributed by atoms with Gasteiger partial charge < -0.3 is 5.32 Å². The van der Waals surface area contributed by atoms with Crippen molar-refractivity contribution in [3.8, 4) is 10.6 Å². The summed E-state index contributed by atoms with van der Waals surface area (Å²) in [5.41, 5.74) is 6.90. The van der Waals surface area contributed by atoms with Crippen LogP contribution in [0.25, 0.3) is 20.8 Å². The van der Waals surface area contributed by atoms with Gasteiger partial charge in [0, 0.05) is 11.3 Å². The van der Waals surface area contributed by atoms with Crippen LogP contribution in [0.5, 0.6) is 0 Å². The van der Waals surface area contributed by atoms with E-state index in [9.17, 15) is 0 Å². The van der Waals surface area contributed by atoms with Crippen LogP contribution in [0.4, 0.5) is 11.4 Å². The molecule has 0 aliphatic carbocycles. The molecule has 4 aromatic rings. The molecule has 0 aliphatic heterocycles. The van der Waals surface area contributed by atoms with Crippen LogP contribution in [-0.2, 0) is 0 Å². The molecule has 0 radical (unpaired) electrons. The molecule has 3 heteroatoms. The van der Waals surface area contributed by atoms with Gasteiger partial charge in [-0.05, 0) is 37.1 Å².